The second-order valence-electron chi connectivity index (χ2n) is 9.01. The minimum atomic E-state index is -0.729. The molecule has 2 N–H and O–H groups in total. The van der Waals surface area contributed by atoms with Gasteiger partial charge in [-0.05, 0) is 55.5 Å². The molecule has 0 aromatic heterocycles. The summed E-state index contributed by atoms with van der Waals surface area (Å²) < 4.78 is 6.51. The lowest BCUT2D eigenvalue weighted by atomic mass is 9.65. The highest BCUT2D eigenvalue weighted by Crippen LogP contribution is 2.54. The van der Waals surface area contributed by atoms with Crippen molar-refractivity contribution in [2.45, 2.75) is 51.2 Å². The van der Waals surface area contributed by atoms with E-state index in [2.05, 4.69) is 10.6 Å². The molecule has 2 aromatic carbocycles. The number of benzene rings is 2. The summed E-state index contributed by atoms with van der Waals surface area (Å²) in [5, 5.41) is 6.51. The Labute approximate surface area is 177 Å². The Morgan fingerprint density at radius 2 is 2.00 bits per heavy atom. The highest BCUT2D eigenvalue weighted by atomic mass is 16.5. The molecular weight excluding hydrogens is 376 g/mol. The van der Waals surface area contributed by atoms with Crippen LogP contribution >= 0.6 is 0 Å². The van der Waals surface area contributed by atoms with E-state index in [0.717, 1.165) is 53.8 Å². The number of fused-ring (bicyclic) bond motifs is 2. The number of ketones is 1. The van der Waals surface area contributed by atoms with E-state index in [-0.39, 0.29) is 30.1 Å². The Morgan fingerprint density at radius 1 is 1.17 bits per heavy atom. The van der Waals surface area contributed by atoms with Gasteiger partial charge in [0.15, 0.2) is 11.5 Å². The van der Waals surface area contributed by atoms with Crippen molar-refractivity contribution in [3.05, 3.63) is 59.2 Å². The molecular formula is C25H28N2O3. The number of rotatable bonds is 2. The van der Waals surface area contributed by atoms with Crippen molar-refractivity contribution in [1.82, 2.24) is 5.32 Å². The lowest BCUT2D eigenvalue weighted by Gasteiger charge is -2.50. The van der Waals surface area contributed by atoms with Gasteiger partial charge in [-0.1, -0.05) is 36.8 Å². The van der Waals surface area contributed by atoms with Gasteiger partial charge < -0.3 is 10.1 Å². The predicted octanol–water partition coefficient (Wildman–Crippen LogP) is 4.09. The molecule has 1 aliphatic carbocycles. The first-order valence-electron chi connectivity index (χ1n) is 10.9. The van der Waals surface area contributed by atoms with Crippen LogP contribution in [0.2, 0.25) is 0 Å². The fourth-order valence-electron chi connectivity index (χ4n) is 5.63. The van der Waals surface area contributed by atoms with E-state index in [1.54, 1.807) is 0 Å². The zero-order chi connectivity index (χ0) is 20.9. The SMILES string of the molecule is Cc1ccc(C)c(NC(=O)[C@@H]2C(=O)CN[C@@]34CCCC[C@H]3[C@H]2c2ccccc2O4)c1. The molecule has 3 aliphatic rings. The van der Waals surface area contributed by atoms with Crippen molar-refractivity contribution in [3.63, 3.8) is 0 Å². The molecule has 2 bridgehead atoms. The van der Waals surface area contributed by atoms with Crippen LogP contribution in [0.3, 0.4) is 0 Å². The normalized spacial score (nSPS) is 29.8. The molecule has 5 heteroatoms. The second kappa shape index (κ2) is 7.24. The van der Waals surface area contributed by atoms with Crippen LogP contribution in [0, 0.1) is 25.7 Å². The predicted molar refractivity (Wildman–Crippen MR) is 116 cm³/mol. The molecule has 156 valence electrons. The first-order chi connectivity index (χ1) is 14.5. The van der Waals surface area contributed by atoms with Crippen LogP contribution in [0.25, 0.3) is 0 Å². The second-order valence-corrected chi connectivity index (χ2v) is 9.01. The highest BCUT2D eigenvalue weighted by molar-refractivity contribution is 6.09. The molecule has 2 fully saturated rings. The third-order valence-corrected chi connectivity index (χ3v) is 7.12. The Kier molecular flexibility index (Phi) is 4.66. The van der Waals surface area contributed by atoms with Crippen molar-refractivity contribution >= 4 is 17.4 Å². The van der Waals surface area contributed by atoms with E-state index in [0.29, 0.717) is 0 Å². The summed E-state index contributed by atoms with van der Waals surface area (Å²) in [4.78, 5) is 26.9. The number of carbonyl (C=O) groups is 2. The zero-order valence-corrected chi connectivity index (χ0v) is 17.5. The van der Waals surface area contributed by atoms with Gasteiger partial charge in [0.25, 0.3) is 0 Å². The van der Waals surface area contributed by atoms with Crippen LogP contribution in [0.5, 0.6) is 5.75 Å². The summed E-state index contributed by atoms with van der Waals surface area (Å²) >= 11 is 0. The van der Waals surface area contributed by atoms with E-state index in [4.69, 9.17) is 4.74 Å². The van der Waals surface area contributed by atoms with Gasteiger partial charge in [-0.15, -0.1) is 0 Å². The van der Waals surface area contributed by atoms with Gasteiger partial charge in [-0.25, -0.2) is 0 Å². The maximum atomic E-state index is 13.6. The first kappa shape index (κ1) is 19.3. The lowest BCUT2D eigenvalue weighted by Crippen LogP contribution is -2.60. The van der Waals surface area contributed by atoms with Gasteiger partial charge >= 0.3 is 0 Å². The molecule has 2 heterocycles. The average Bonchev–Trinajstić information content (AvgIpc) is 2.83. The number of Topliss-reactive ketones (excluding diaryl/α,β-unsaturated/α-hetero) is 1. The largest absolute Gasteiger partial charge is 0.472 e. The van der Waals surface area contributed by atoms with Gasteiger partial charge in [-0.3, -0.25) is 14.9 Å². The maximum absolute atomic E-state index is 13.6. The van der Waals surface area contributed by atoms with Crippen LogP contribution in [0.15, 0.2) is 42.5 Å². The Morgan fingerprint density at radius 3 is 2.87 bits per heavy atom. The number of hydrogen-bond donors (Lipinski definition) is 2. The molecule has 0 spiro atoms. The number of nitrogens with one attached hydrogen (secondary N) is 2. The minimum Gasteiger partial charge on any atom is -0.472 e. The molecule has 4 atom stereocenters. The number of amides is 1. The smallest absolute Gasteiger partial charge is 0.235 e. The summed E-state index contributed by atoms with van der Waals surface area (Å²) in [6.07, 6.45) is 3.97. The molecule has 1 amide bonds. The zero-order valence-electron chi connectivity index (χ0n) is 17.5. The third-order valence-electron chi connectivity index (χ3n) is 7.12. The molecule has 5 nitrogen and oxygen atoms in total. The van der Waals surface area contributed by atoms with Crippen molar-refractivity contribution in [3.8, 4) is 5.75 Å². The monoisotopic (exact) mass is 404 g/mol. The van der Waals surface area contributed by atoms with Crippen LogP contribution in [0.1, 0.15) is 48.3 Å². The standard InChI is InChI=1S/C25H28N2O3/c1-15-10-11-16(2)19(13-15)27-24(29)23-20(28)14-26-25-12-6-5-8-18(25)22(23)17-7-3-4-9-21(17)30-25/h3-4,7,9-11,13,18,22-23,26H,5-6,8,12,14H2,1-2H3,(H,27,29)/t18-,22+,23+,25+/m0/s1. The number of carbonyl (C=O) groups excluding carboxylic acids is 2. The maximum Gasteiger partial charge on any atom is 0.235 e. The van der Waals surface area contributed by atoms with E-state index in [1.165, 1.54) is 0 Å². The third kappa shape index (κ3) is 3.03. The quantitative estimate of drug-likeness (QED) is 0.740. The van der Waals surface area contributed by atoms with E-state index in [9.17, 15) is 9.59 Å². The molecule has 2 aromatic rings. The fraction of sp³-hybridized carbons (Fsp3) is 0.440. The van der Waals surface area contributed by atoms with Crippen LogP contribution in [0.4, 0.5) is 5.69 Å². The summed E-state index contributed by atoms with van der Waals surface area (Å²) in [5.41, 5.74) is 3.28. The van der Waals surface area contributed by atoms with Crippen molar-refractivity contribution in [2.24, 2.45) is 11.8 Å². The van der Waals surface area contributed by atoms with Crippen LogP contribution in [-0.4, -0.2) is 24.0 Å². The molecule has 2 aliphatic heterocycles. The molecule has 0 unspecified atom stereocenters. The highest BCUT2D eigenvalue weighted by Gasteiger charge is 2.57. The van der Waals surface area contributed by atoms with E-state index in [1.807, 2.05) is 56.3 Å². The number of ether oxygens (including phenoxy) is 1. The topological polar surface area (TPSA) is 67.4 Å². The number of hydrogen-bond acceptors (Lipinski definition) is 4. The molecule has 5 rings (SSSR count). The van der Waals surface area contributed by atoms with Crippen LogP contribution < -0.4 is 15.4 Å². The fourth-order valence-corrected chi connectivity index (χ4v) is 5.63. The minimum absolute atomic E-state index is 0.0584. The lowest BCUT2D eigenvalue weighted by molar-refractivity contribution is -0.132. The number of anilines is 1. The van der Waals surface area contributed by atoms with Gasteiger partial charge in [0, 0.05) is 23.9 Å². The Bertz CT molecular complexity index is 1020. The van der Waals surface area contributed by atoms with Crippen molar-refractivity contribution in [2.75, 3.05) is 11.9 Å². The van der Waals surface area contributed by atoms with Gasteiger partial charge in [0.1, 0.15) is 11.7 Å². The number of aryl methyl sites for hydroxylation is 2. The summed E-state index contributed by atoms with van der Waals surface area (Å²) in [7, 11) is 0. The molecule has 0 radical (unpaired) electrons. The average molecular weight is 405 g/mol. The molecule has 30 heavy (non-hydrogen) atoms. The summed E-state index contributed by atoms with van der Waals surface area (Å²) in [5.74, 6) is -0.278. The van der Waals surface area contributed by atoms with E-state index >= 15 is 0 Å². The Hall–Kier alpha value is -2.66. The molecule has 1 saturated carbocycles. The van der Waals surface area contributed by atoms with Crippen LogP contribution in [-0.2, 0) is 9.59 Å². The van der Waals surface area contributed by atoms with Gasteiger partial charge in [0.2, 0.25) is 5.91 Å². The van der Waals surface area contributed by atoms with E-state index < -0.39 is 11.6 Å². The van der Waals surface area contributed by atoms with Gasteiger partial charge in [0.05, 0.1) is 6.54 Å². The summed E-state index contributed by atoms with van der Waals surface area (Å²) in [6, 6.07) is 13.9. The van der Waals surface area contributed by atoms with Crippen molar-refractivity contribution < 1.29 is 14.3 Å². The summed E-state index contributed by atoms with van der Waals surface area (Å²) in [6.45, 7) is 4.13. The Balaban J connectivity index is 1.58. The molecule has 1 saturated heterocycles. The van der Waals surface area contributed by atoms with Crippen molar-refractivity contribution in [1.29, 1.82) is 0 Å². The number of para-hydroxylation sites is 1. The van der Waals surface area contributed by atoms with Gasteiger partial charge in [-0.2, -0.15) is 0 Å². The first-order valence-corrected chi connectivity index (χ1v) is 10.9.